The van der Waals surface area contributed by atoms with Crippen molar-refractivity contribution >= 4 is 34.5 Å². The number of ether oxygens (including phenoxy) is 1. The molecule has 188 valence electrons. The van der Waals surface area contributed by atoms with E-state index in [0.29, 0.717) is 19.4 Å². The average molecular weight is 597 g/mol. The van der Waals surface area contributed by atoms with Crippen molar-refractivity contribution in [3.8, 4) is 0 Å². The summed E-state index contributed by atoms with van der Waals surface area (Å²) < 4.78 is 7.01. The van der Waals surface area contributed by atoms with Crippen molar-refractivity contribution in [2.45, 2.75) is 56.4 Å². The van der Waals surface area contributed by atoms with E-state index in [2.05, 4.69) is 22.6 Å². The molecule has 6 heteroatoms. The van der Waals surface area contributed by atoms with Gasteiger partial charge in [0.2, 0.25) is 5.91 Å². The maximum Gasteiger partial charge on any atom is 0.326 e. The van der Waals surface area contributed by atoms with E-state index in [9.17, 15) is 14.7 Å². The van der Waals surface area contributed by atoms with Gasteiger partial charge in [0, 0.05) is 10.5 Å². The maximum absolute atomic E-state index is 14.3. The van der Waals surface area contributed by atoms with Crippen molar-refractivity contribution < 1.29 is 19.4 Å². The van der Waals surface area contributed by atoms with Crippen molar-refractivity contribution in [2.24, 2.45) is 0 Å². The van der Waals surface area contributed by atoms with Crippen LogP contribution in [0.3, 0.4) is 0 Å². The molecule has 1 heterocycles. The lowest BCUT2D eigenvalue weighted by atomic mass is 9.85. The Morgan fingerprint density at radius 2 is 1.44 bits per heavy atom. The van der Waals surface area contributed by atoms with Gasteiger partial charge in [-0.3, -0.25) is 4.79 Å². The van der Waals surface area contributed by atoms with E-state index in [0.717, 1.165) is 34.0 Å². The number of nitrogens with zero attached hydrogens (tertiary/aromatic N) is 1. The second kappa shape index (κ2) is 13.0. The van der Waals surface area contributed by atoms with Gasteiger partial charge in [0.25, 0.3) is 0 Å². The van der Waals surface area contributed by atoms with Crippen LogP contribution in [-0.2, 0) is 20.9 Å². The Kier molecular flexibility index (Phi) is 9.53. The molecule has 0 saturated carbocycles. The first-order valence-corrected chi connectivity index (χ1v) is 14.0. The molecule has 0 spiro atoms. The molecule has 0 radical (unpaired) electrons. The molecule has 36 heavy (non-hydrogen) atoms. The van der Waals surface area contributed by atoms with Crippen LogP contribution in [-0.4, -0.2) is 44.5 Å². The zero-order valence-corrected chi connectivity index (χ0v) is 22.4. The number of amides is 1. The molecule has 1 fully saturated rings. The quantitative estimate of drug-likeness (QED) is 0.228. The number of likely N-dealkylation sites (tertiary alicyclic amines) is 1. The predicted octanol–water partition coefficient (Wildman–Crippen LogP) is 6.06. The molecule has 0 bridgehead atoms. The topological polar surface area (TPSA) is 66.8 Å². The minimum absolute atomic E-state index is 0.0782. The van der Waals surface area contributed by atoms with Gasteiger partial charge in [-0.1, -0.05) is 114 Å². The van der Waals surface area contributed by atoms with Crippen LogP contribution in [0.2, 0.25) is 0 Å². The summed E-state index contributed by atoms with van der Waals surface area (Å²) in [7, 11) is 0. The zero-order chi connectivity index (χ0) is 25.3. The highest BCUT2D eigenvalue weighted by atomic mass is 127. The lowest BCUT2D eigenvalue weighted by Crippen LogP contribution is -2.55. The summed E-state index contributed by atoms with van der Waals surface area (Å²) in [5.74, 6) is -1.65. The van der Waals surface area contributed by atoms with Crippen molar-refractivity contribution in [3.63, 3.8) is 0 Å². The molecule has 1 amide bonds. The van der Waals surface area contributed by atoms with Crippen LogP contribution in [0.4, 0.5) is 0 Å². The molecular formula is C30H32INO4. The van der Waals surface area contributed by atoms with Gasteiger partial charge in [0.1, 0.15) is 6.04 Å². The summed E-state index contributed by atoms with van der Waals surface area (Å²) in [6.45, 7) is 0.494. The van der Waals surface area contributed by atoms with Gasteiger partial charge < -0.3 is 14.7 Å². The molecule has 0 aliphatic carbocycles. The van der Waals surface area contributed by atoms with Crippen LogP contribution in [0.25, 0.3) is 0 Å². The van der Waals surface area contributed by atoms with E-state index < -0.39 is 17.9 Å². The van der Waals surface area contributed by atoms with Crippen LogP contribution >= 0.6 is 22.6 Å². The minimum Gasteiger partial charge on any atom is -0.480 e. The molecule has 1 saturated heterocycles. The minimum atomic E-state index is -0.941. The smallest absolute Gasteiger partial charge is 0.326 e. The highest BCUT2D eigenvalue weighted by Crippen LogP contribution is 2.34. The van der Waals surface area contributed by atoms with E-state index in [1.807, 2.05) is 91.0 Å². The first kappa shape index (κ1) is 26.4. The van der Waals surface area contributed by atoms with Crippen LogP contribution in [0, 0.1) is 0 Å². The Bertz CT molecular complexity index is 1070. The van der Waals surface area contributed by atoms with Gasteiger partial charge in [-0.25, -0.2) is 4.79 Å². The number of hydrogen-bond acceptors (Lipinski definition) is 3. The number of aliphatic carboxylic acids is 1. The van der Waals surface area contributed by atoms with Gasteiger partial charge >= 0.3 is 5.97 Å². The monoisotopic (exact) mass is 597 g/mol. The largest absolute Gasteiger partial charge is 0.480 e. The number of hydrogen-bond donors (Lipinski definition) is 1. The number of carboxylic acids is 1. The third-order valence-corrected chi connectivity index (χ3v) is 7.81. The fraction of sp³-hybridized carbons (Fsp3) is 0.333. The summed E-state index contributed by atoms with van der Waals surface area (Å²) in [5.41, 5.74) is 2.83. The van der Waals surface area contributed by atoms with Crippen LogP contribution in [0.1, 0.15) is 48.3 Å². The number of carbonyl (C=O) groups excluding carboxylic acids is 1. The molecule has 0 aromatic heterocycles. The van der Waals surface area contributed by atoms with Gasteiger partial charge in [0.15, 0.2) is 0 Å². The fourth-order valence-electron chi connectivity index (χ4n) is 5.07. The number of rotatable bonds is 10. The standard InChI is InChI=1S/C30H32INO4/c31-20-26(36-21-22-11-4-1-5-12-22)19-25-17-10-18-27(30(34)35)32(25)29(33)28(23-13-6-2-7-14-23)24-15-8-3-9-16-24/h1-9,11-16,25-28H,10,17-21H2,(H,34,35)/t25?,26?,27-/m0/s1. The van der Waals surface area contributed by atoms with Gasteiger partial charge in [0.05, 0.1) is 18.6 Å². The van der Waals surface area contributed by atoms with Crippen molar-refractivity contribution in [3.05, 3.63) is 108 Å². The first-order valence-electron chi connectivity index (χ1n) is 12.4. The van der Waals surface area contributed by atoms with Crippen LogP contribution in [0.15, 0.2) is 91.0 Å². The van der Waals surface area contributed by atoms with Crippen LogP contribution < -0.4 is 0 Å². The molecule has 4 rings (SSSR count). The highest BCUT2D eigenvalue weighted by Gasteiger charge is 2.42. The second-order valence-electron chi connectivity index (χ2n) is 9.25. The predicted molar refractivity (Wildman–Crippen MR) is 149 cm³/mol. The molecule has 3 atom stereocenters. The molecule has 3 aromatic rings. The number of benzene rings is 3. The summed E-state index contributed by atoms with van der Waals surface area (Å²) >= 11 is 2.32. The summed E-state index contributed by atoms with van der Waals surface area (Å²) in [5, 5.41) is 10.1. The lowest BCUT2D eigenvalue weighted by molar-refractivity contribution is -0.156. The lowest BCUT2D eigenvalue weighted by Gasteiger charge is -2.43. The van der Waals surface area contributed by atoms with Gasteiger partial charge in [-0.2, -0.15) is 0 Å². The zero-order valence-electron chi connectivity index (χ0n) is 20.2. The number of carbonyl (C=O) groups is 2. The third-order valence-electron chi connectivity index (χ3n) is 6.83. The Hall–Kier alpha value is -2.71. The number of piperidine rings is 1. The Morgan fingerprint density at radius 1 is 0.889 bits per heavy atom. The van der Waals surface area contributed by atoms with Crippen molar-refractivity contribution in [2.75, 3.05) is 4.43 Å². The number of alkyl halides is 1. The molecule has 1 N–H and O–H groups in total. The third kappa shape index (κ3) is 6.53. The van der Waals surface area contributed by atoms with E-state index >= 15 is 0 Å². The number of carboxylic acid groups (broad SMARTS) is 1. The van der Waals surface area contributed by atoms with E-state index in [1.54, 1.807) is 4.90 Å². The Balaban J connectivity index is 1.62. The average Bonchev–Trinajstić information content (AvgIpc) is 2.92. The van der Waals surface area contributed by atoms with Crippen LogP contribution in [0.5, 0.6) is 0 Å². The van der Waals surface area contributed by atoms with E-state index in [1.165, 1.54) is 0 Å². The first-order chi connectivity index (χ1) is 17.6. The van der Waals surface area contributed by atoms with Crippen molar-refractivity contribution in [1.82, 2.24) is 4.90 Å². The molecular weight excluding hydrogens is 565 g/mol. The SMILES string of the molecule is O=C(O)[C@@H]1CCCC(CC(CI)OCc2ccccc2)N1C(=O)C(c1ccccc1)c1ccccc1. The summed E-state index contributed by atoms with van der Waals surface area (Å²) in [4.78, 5) is 28.3. The normalized spacial score (nSPS) is 18.7. The fourth-order valence-corrected chi connectivity index (χ4v) is 5.69. The summed E-state index contributed by atoms with van der Waals surface area (Å²) in [6.07, 6.45) is 2.55. The molecule has 2 unspecified atom stereocenters. The number of halogens is 1. The molecule has 1 aliphatic rings. The van der Waals surface area contributed by atoms with Gasteiger partial charge in [-0.15, -0.1) is 0 Å². The second-order valence-corrected chi connectivity index (χ2v) is 10.1. The molecule has 3 aromatic carbocycles. The highest BCUT2D eigenvalue weighted by molar-refractivity contribution is 14.1. The molecule has 5 nitrogen and oxygen atoms in total. The summed E-state index contributed by atoms with van der Waals surface area (Å²) in [6, 6.07) is 28.3. The van der Waals surface area contributed by atoms with Crippen molar-refractivity contribution in [1.29, 1.82) is 0 Å². The van der Waals surface area contributed by atoms with Gasteiger partial charge in [-0.05, 0) is 42.4 Å². The maximum atomic E-state index is 14.3. The van der Waals surface area contributed by atoms with E-state index in [4.69, 9.17) is 4.74 Å². The van der Waals surface area contributed by atoms with E-state index in [-0.39, 0.29) is 18.1 Å². The Labute approximate surface area is 226 Å². The Morgan fingerprint density at radius 3 is 1.97 bits per heavy atom. The molecule has 1 aliphatic heterocycles.